The third kappa shape index (κ3) is 4.23. The molecule has 0 fully saturated rings. The fourth-order valence-corrected chi connectivity index (χ4v) is 2.30. The van der Waals surface area contributed by atoms with Gasteiger partial charge in [0.1, 0.15) is 5.82 Å². The fraction of sp³-hybridized carbons (Fsp3) is 0.714. The minimum absolute atomic E-state index is 0.215. The van der Waals surface area contributed by atoms with Crippen molar-refractivity contribution < 1.29 is 4.79 Å². The largest absolute Gasteiger partial charge is 0.368 e. The summed E-state index contributed by atoms with van der Waals surface area (Å²) in [4.78, 5) is 13.2. The molecule has 114 valence electrons. The molecule has 1 rings (SSSR count). The zero-order valence-electron chi connectivity index (χ0n) is 13.2. The number of carbonyl (C=O) groups excluding carboxylic acids is 1. The molecule has 0 radical (unpaired) electrons. The van der Waals surface area contributed by atoms with Crippen LogP contribution in [0.1, 0.15) is 32.0 Å². The second-order valence-electron chi connectivity index (χ2n) is 5.52. The van der Waals surface area contributed by atoms with Crippen LogP contribution in [0.15, 0.2) is 0 Å². The summed E-state index contributed by atoms with van der Waals surface area (Å²) in [5.41, 5.74) is 7.45. The van der Waals surface area contributed by atoms with Crippen LogP contribution < -0.4 is 16.0 Å². The average Bonchev–Trinajstić information content (AvgIpc) is 2.61. The lowest BCUT2D eigenvalue weighted by molar-refractivity contribution is -0.116. The first-order valence-corrected chi connectivity index (χ1v) is 7.13. The molecule has 20 heavy (non-hydrogen) atoms. The van der Waals surface area contributed by atoms with Gasteiger partial charge in [-0.05, 0) is 26.3 Å². The molecule has 0 atom stereocenters. The molecular formula is C14H27N5O. The lowest BCUT2D eigenvalue weighted by Gasteiger charge is -2.23. The highest BCUT2D eigenvalue weighted by Gasteiger charge is 2.19. The van der Waals surface area contributed by atoms with Gasteiger partial charge in [0.25, 0.3) is 0 Å². The van der Waals surface area contributed by atoms with Crippen molar-refractivity contribution >= 4 is 11.7 Å². The summed E-state index contributed by atoms with van der Waals surface area (Å²) in [5, 5.41) is 7.90. The summed E-state index contributed by atoms with van der Waals surface area (Å²) in [7, 11) is 1.90. The Balaban J connectivity index is 2.95. The van der Waals surface area contributed by atoms with E-state index in [1.807, 2.05) is 30.5 Å². The molecule has 3 N–H and O–H groups in total. The van der Waals surface area contributed by atoms with Crippen molar-refractivity contribution in [2.24, 2.45) is 18.7 Å². The molecule has 0 aliphatic heterocycles. The van der Waals surface area contributed by atoms with E-state index in [2.05, 4.69) is 24.3 Å². The van der Waals surface area contributed by atoms with Crippen LogP contribution in [-0.4, -0.2) is 35.3 Å². The van der Waals surface area contributed by atoms with Crippen LogP contribution in [-0.2, 0) is 18.4 Å². The standard InChI is InChI=1S/C14H27N5O/c1-6-19(9-13(15)20)14-12(8-16-7-10(2)3)11(4)17-18(14)5/h10,16H,6-9H2,1-5H3,(H2,15,20). The van der Waals surface area contributed by atoms with Gasteiger partial charge < -0.3 is 16.0 Å². The number of amides is 1. The molecule has 0 spiro atoms. The Bertz CT molecular complexity index is 453. The molecule has 1 heterocycles. The number of rotatable bonds is 8. The van der Waals surface area contributed by atoms with Crippen LogP contribution in [0.3, 0.4) is 0 Å². The van der Waals surface area contributed by atoms with Gasteiger partial charge >= 0.3 is 0 Å². The number of aryl methyl sites for hydroxylation is 2. The zero-order valence-corrected chi connectivity index (χ0v) is 13.2. The lowest BCUT2D eigenvalue weighted by Crippen LogP contribution is -2.35. The summed E-state index contributed by atoms with van der Waals surface area (Å²) in [6.45, 7) is 11.0. The van der Waals surface area contributed by atoms with Crippen LogP contribution in [0, 0.1) is 12.8 Å². The highest BCUT2D eigenvalue weighted by atomic mass is 16.1. The van der Waals surface area contributed by atoms with Gasteiger partial charge in [-0.3, -0.25) is 9.48 Å². The number of hydrogen-bond donors (Lipinski definition) is 2. The zero-order chi connectivity index (χ0) is 15.3. The van der Waals surface area contributed by atoms with Gasteiger partial charge in [0.05, 0.1) is 12.2 Å². The average molecular weight is 281 g/mol. The van der Waals surface area contributed by atoms with Gasteiger partial charge in [-0.25, -0.2) is 0 Å². The first kappa shape index (κ1) is 16.5. The van der Waals surface area contributed by atoms with Crippen molar-refractivity contribution in [2.45, 2.75) is 34.2 Å². The summed E-state index contributed by atoms with van der Waals surface area (Å²) >= 11 is 0. The quantitative estimate of drug-likeness (QED) is 0.738. The normalized spacial score (nSPS) is 11.1. The van der Waals surface area contributed by atoms with Crippen LogP contribution in [0.25, 0.3) is 0 Å². The fourth-order valence-electron chi connectivity index (χ4n) is 2.30. The molecule has 0 saturated heterocycles. The predicted molar refractivity (Wildman–Crippen MR) is 81.6 cm³/mol. The predicted octanol–water partition coefficient (Wildman–Crippen LogP) is 0.786. The number of hydrogen-bond acceptors (Lipinski definition) is 4. The Morgan fingerprint density at radius 2 is 2.15 bits per heavy atom. The Kier molecular flexibility index (Phi) is 6.01. The van der Waals surface area contributed by atoms with Gasteiger partial charge in [-0.2, -0.15) is 5.10 Å². The Labute approximate surface area is 121 Å². The molecule has 0 bridgehead atoms. The smallest absolute Gasteiger partial charge is 0.236 e. The van der Waals surface area contributed by atoms with Crippen LogP contribution in [0.2, 0.25) is 0 Å². The number of aromatic nitrogens is 2. The highest BCUT2D eigenvalue weighted by Crippen LogP contribution is 2.22. The molecule has 0 saturated carbocycles. The topological polar surface area (TPSA) is 76.2 Å². The maximum Gasteiger partial charge on any atom is 0.236 e. The maximum atomic E-state index is 11.2. The number of anilines is 1. The van der Waals surface area contributed by atoms with Crippen LogP contribution in [0.5, 0.6) is 0 Å². The van der Waals surface area contributed by atoms with E-state index in [-0.39, 0.29) is 12.5 Å². The summed E-state index contributed by atoms with van der Waals surface area (Å²) in [6, 6.07) is 0. The van der Waals surface area contributed by atoms with Gasteiger partial charge in [-0.1, -0.05) is 13.8 Å². The first-order chi connectivity index (χ1) is 9.36. The van der Waals surface area contributed by atoms with Crippen molar-refractivity contribution in [1.82, 2.24) is 15.1 Å². The monoisotopic (exact) mass is 281 g/mol. The van der Waals surface area contributed by atoms with E-state index in [4.69, 9.17) is 5.73 Å². The summed E-state index contributed by atoms with van der Waals surface area (Å²) in [5.74, 6) is 1.25. The Morgan fingerprint density at radius 1 is 1.50 bits per heavy atom. The van der Waals surface area contributed by atoms with Gasteiger partial charge in [0.15, 0.2) is 0 Å². The third-order valence-corrected chi connectivity index (χ3v) is 3.20. The molecule has 6 heteroatoms. The Morgan fingerprint density at radius 3 is 2.65 bits per heavy atom. The molecule has 0 unspecified atom stereocenters. The number of nitrogens with zero attached hydrogens (tertiary/aromatic N) is 3. The van der Waals surface area contributed by atoms with E-state index in [0.29, 0.717) is 5.92 Å². The van der Waals surface area contributed by atoms with E-state index in [9.17, 15) is 4.79 Å². The summed E-state index contributed by atoms with van der Waals surface area (Å²) < 4.78 is 1.83. The molecule has 6 nitrogen and oxygen atoms in total. The second-order valence-corrected chi connectivity index (χ2v) is 5.52. The third-order valence-electron chi connectivity index (χ3n) is 3.20. The molecule has 1 aromatic heterocycles. The molecule has 0 aliphatic carbocycles. The van der Waals surface area contributed by atoms with Crippen molar-refractivity contribution in [1.29, 1.82) is 0 Å². The minimum Gasteiger partial charge on any atom is -0.368 e. The minimum atomic E-state index is -0.327. The molecule has 1 aromatic rings. The molecule has 1 amide bonds. The van der Waals surface area contributed by atoms with E-state index in [0.717, 1.165) is 36.7 Å². The van der Waals surface area contributed by atoms with Crippen molar-refractivity contribution in [3.8, 4) is 0 Å². The Hall–Kier alpha value is -1.56. The van der Waals surface area contributed by atoms with Crippen LogP contribution in [0.4, 0.5) is 5.82 Å². The maximum absolute atomic E-state index is 11.2. The van der Waals surface area contributed by atoms with Crippen molar-refractivity contribution in [2.75, 3.05) is 24.5 Å². The number of likely N-dealkylation sites (N-methyl/N-ethyl adjacent to an activating group) is 1. The number of primary amides is 1. The number of carbonyl (C=O) groups is 1. The molecular weight excluding hydrogens is 254 g/mol. The second kappa shape index (κ2) is 7.28. The van der Waals surface area contributed by atoms with Crippen LogP contribution >= 0.6 is 0 Å². The van der Waals surface area contributed by atoms with E-state index in [1.54, 1.807) is 0 Å². The van der Waals surface area contributed by atoms with E-state index in [1.165, 1.54) is 0 Å². The first-order valence-electron chi connectivity index (χ1n) is 7.13. The molecule has 0 aromatic carbocycles. The van der Waals surface area contributed by atoms with Gasteiger partial charge in [0.2, 0.25) is 5.91 Å². The lowest BCUT2D eigenvalue weighted by atomic mass is 10.2. The SMILES string of the molecule is CCN(CC(N)=O)c1c(CNCC(C)C)c(C)nn1C. The van der Waals surface area contributed by atoms with Crippen molar-refractivity contribution in [3.05, 3.63) is 11.3 Å². The molecule has 0 aliphatic rings. The van der Waals surface area contributed by atoms with Gasteiger partial charge in [0, 0.05) is 25.7 Å². The van der Waals surface area contributed by atoms with E-state index >= 15 is 0 Å². The van der Waals surface area contributed by atoms with Gasteiger partial charge in [-0.15, -0.1) is 0 Å². The highest BCUT2D eigenvalue weighted by molar-refractivity contribution is 5.79. The number of nitrogens with two attached hydrogens (primary N) is 1. The van der Waals surface area contributed by atoms with Crippen molar-refractivity contribution in [3.63, 3.8) is 0 Å². The number of nitrogens with one attached hydrogen (secondary N) is 1. The van der Waals surface area contributed by atoms with E-state index < -0.39 is 0 Å². The summed E-state index contributed by atoms with van der Waals surface area (Å²) in [6.07, 6.45) is 0.